The second-order valence-corrected chi connectivity index (χ2v) is 5.58. The predicted molar refractivity (Wildman–Crippen MR) is 92.7 cm³/mol. The Bertz CT molecular complexity index is 588. The van der Waals surface area contributed by atoms with Gasteiger partial charge in [0.15, 0.2) is 6.19 Å². The first-order chi connectivity index (χ1) is 10.8. The quantitative estimate of drug-likeness (QED) is 0.388. The Morgan fingerprint density at radius 2 is 2.00 bits per heavy atom. The van der Waals surface area contributed by atoms with Crippen molar-refractivity contribution in [3.63, 3.8) is 0 Å². The lowest BCUT2D eigenvalue weighted by molar-refractivity contribution is 0.458. The van der Waals surface area contributed by atoms with Gasteiger partial charge in [-0.3, -0.25) is 4.90 Å². The summed E-state index contributed by atoms with van der Waals surface area (Å²) in [6.07, 6.45) is 16.4. The summed E-state index contributed by atoms with van der Waals surface area (Å²) in [4.78, 5) is 1.84. The van der Waals surface area contributed by atoms with Crippen LogP contribution in [0.4, 0.5) is 0 Å². The molecule has 22 heavy (non-hydrogen) atoms. The van der Waals surface area contributed by atoms with E-state index in [4.69, 9.17) is 0 Å². The summed E-state index contributed by atoms with van der Waals surface area (Å²) in [6.45, 7) is 3.01. The highest BCUT2D eigenvalue weighted by atomic mass is 15.1. The van der Waals surface area contributed by atoms with Crippen LogP contribution in [0.5, 0.6) is 0 Å². The van der Waals surface area contributed by atoms with Crippen molar-refractivity contribution in [2.24, 2.45) is 0 Å². The fraction of sp³-hybridized carbons (Fsp3) is 0.350. The van der Waals surface area contributed by atoms with E-state index in [1.165, 1.54) is 30.4 Å². The molecule has 0 heterocycles. The first-order valence-electron chi connectivity index (χ1n) is 8.15. The molecule has 0 radical (unpaired) electrons. The topological polar surface area (TPSA) is 27.0 Å². The minimum atomic E-state index is 0.808. The zero-order valence-corrected chi connectivity index (χ0v) is 13.3. The van der Waals surface area contributed by atoms with Crippen LogP contribution < -0.4 is 0 Å². The number of nitriles is 1. The van der Waals surface area contributed by atoms with Gasteiger partial charge in [0.2, 0.25) is 0 Å². The highest BCUT2D eigenvalue weighted by molar-refractivity contribution is 5.60. The van der Waals surface area contributed by atoms with Gasteiger partial charge in [0.1, 0.15) is 0 Å². The van der Waals surface area contributed by atoms with Gasteiger partial charge in [0, 0.05) is 6.54 Å². The minimum Gasteiger partial charge on any atom is -0.279 e. The van der Waals surface area contributed by atoms with Crippen LogP contribution >= 0.6 is 0 Å². The van der Waals surface area contributed by atoms with Crippen LogP contribution in [-0.4, -0.2) is 11.4 Å². The summed E-state index contributed by atoms with van der Waals surface area (Å²) in [5.74, 6) is 0. The summed E-state index contributed by atoms with van der Waals surface area (Å²) in [5, 5.41) is 9.50. The van der Waals surface area contributed by atoms with Crippen molar-refractivity contribution in [2.75, 3.05) is 6.54 Å². The lowest BCUT2D eigenvalue weighted by Crippen LogP contribution is -2.20. The third-order valence-corrected chi connectivity index (χ3v) is 3.84. The molecule has 2 rings (SSSR count). The Hall–Kier alpha value is -2.27. The number of benzene rings is 1. The maximum Gasteiger partial charge on any atom is 0.184 e. The number of hydrogen-bond donors (Lipinski definition) is 0. The van der Waals surface area contributed by atoms with Crippen LogP contribution in [0.3, 0.4) is 0 Å². The molecule has 0 saturated carbocycles. The lowest BCUT2D eigenvalue weighted by atomic mass is 9.99. The van der Waals surface area contributed by atoms with E-state index in [0.717, 1.165) is 25.1 Å². The molecule has 2 heteroatoms. The van der Waals surface area contributed by atoms with Gasteiger partial charge in [-0.15, -0.1) is 0 Å². The molecule has 1 aliphatic carbocycles. The summed E-state index contributed by atoms with van der Waals surface area (Å²) >= 11 is 0. The van der Waals surface area contributed by atoms with E-state index in [9.17, 15) is 5.26 Å². The highest BCUT2D eigenvalue weighted by Gasteiger charge is 2.14. The van der Waals surface area contributed by atoms with Gasteiger partial charge in [-0.1, -0.05) is 68.7 Å². The number of rotatable bonds is 7. The first-order valence-corrected chi connectivity index (χ1v) is 8.15. The van der Waals surface area contributed by atoms with E-state index >= 15 is 0 Å². The molecule has 2 nitrogen and oxygen atoms in total. The number of unbranched alkanes of at least 4 members (excludes halogenated alkanes) is 3. The molecule has 0 bridgehead atoms. The van der Waals surface area contributed by atoms with Crippen LogP contribution in [0.25, 0.3) is 6.08 Å². The molecule has 114 valence electrons. The Morgan fingerprint density at radius 3 is 2.73 bits per heavy atom. The zero-order valence-electron chi connectivity index (χ0n) is 13.3. The maximum absolute atomic E-state index is 9.50. The second kappa shape index (κ2) is 8.89. The van der Waals surface area contributed by atoms with Gasteiger partial charge in [0.05, 0.1) is 5.70 Å². The molecule has 0 N–H and O–H groups in total. The van der Waals surface area contributed by atoms with E-state index in [1.54, 1.807) is 0 Å². The zero-order chi connectivity index (χ0) is 15.6. The fourth-order valence-corrected chi connectivity index (χ4v) is 2.63. The maximum atomic E-state index is 9.50. The van der Waals surface area contributed by atoms with Crippen LogP contribution in [0.15, 0.2) is 59.8 Å². The first kappa shape index (κ1) is 16.1. The van der Waals surface area contributed by atoms with Crippen molar-refractivity contribution >= 4 is 6.08 Å². The minimum absolute atomic E-state index is 0.808. The molecule has 0 aromatic heterocycles. The largest absolute Gasteiger partial charge is 0.279 e. The van der Waals surface area contributed by atoms with E-state index in [-0.39, 0.29) is 0 Å². The number of allylic oxidation sites excluding steroid dienone is 4. The summed E-state index contributed by atoms with van der Waals surface area (Å²) in [7, 11) is 0. The molecular formula is C20H24N2. The average molecular weight is 292 g/mol. The lowest BCUT2D eigenvalue weighted by Gasteiger charge is -2.23. The van der Waals surface area contributed by atoms with Crippen molar-refractivity contribution in [1.29, 1.82) is 5.26 Å². The van der Waals surface area contributed by atoms with Gasteiger partial charge in [-0.25, -0.2) is 0 Å². The van der Waals surface area contributed by atoms with Gasteiger partial charge in [0.25, 0.3) is 0 Å². The van der Waals surface area contributed by atoms with Crippen LogP contribution in [0.2, 0.25) is 0 Å². The van der Waals surface area contributed by atoms with Crippen LogP contribution in [-0.2, 0) is 0 Å². The molecule has 1 aromatic rings. The summed E-state index contributed by atoms with van der Waals surface area (Å²) < 4.78 is 0. The second-order valence-electron chi connectivity index (χ2n) is 5.58. The monoisotopic (exact) mass is 292 g/mol. The summed E-state index contributed by atoms with van der Waals surface area (Å²) in [6, 6.07) is 10.3. The van der Waals surface area contributed by atoms with E-state index < -0.39 is 0 Å². The Morgan fingerprint density at radius 1 is 1.18 bits per heavy atom. The van der Waals surface area contributed by atoms with Crippen molar-refractivity contribution in [1.82, 2.24) is 4.90 Å². The highest BCUT2D eigenvalue weighted by Crippen LogP contribution is 2.25. The molecular weight excluding hydrogens is 268 g/mol. The molecule has 0 aliphatic heterocycles. The Labute approximate surface area is 134 Å². The number of nitrogens with zero attached hydrogens (tertiary/aromatic N) is 2. The standard InChI is InChI=1S/C20H24N2/c1-2-3-4-10-15-22(17-21)20-14-9-8-13-19(20)16-18-11-6-5-7-12-18/h5-9,11-12,14,16H,2-4,10,13,15H2,1H3. The Balaban J connectivity index is 2.11. The molecule has 0 fully saturated rings. The van der Waals surface area contributed by atoms with Gasteiger partial charge < -0.3 is 0 Å². The number of hydrogen-bond acceptors (Lipinski definition) is 2. The average Bonchev–Trinajstić information content (AvgIpc) is 2.57. The normalized spacial score (nSPS) is 15.5. The molecule has 0 saturated heterocycles. The van der Waals surface area contributed by atoms with Crippen LogP contribution in [0.1, 0.15) is 44.6 Å². The van der Waals surface area contributed by atoms with Gasteiger partial charge in [-0.2, -0.15) is 5.26 Å². The van der Waals surface area contributed by atoms with Crippen molar-refractivity contribution in [3.05, 3.63) is 65.4 Å². The van der Waals surface area contributed by atoms with Gasteiger partial charge in [-0.05, 0) is 36.1 Å². The molecule has 0 atom stereocenters. The van der Waals surface area contributed by atoms with Crippen molar-refractivity contribution in [3.8, 4) is 6.19 Å². The van der Waals surface area contributed by atoms with E-state index in [1.807, 2.05) is 29.2 Å². The third-order valence-electron chi connectivity index (χ3n) is 3.84. The van der Waals surface area contributed by atoms with Crippen molar-refractivity contribution < 1.29 is 0 Å². The Kier molecular flexibility index (Phi) is 6.51. The smallest absolute Gasteiger partial charge is 0.184 e. The third kappa shape index (κ3) is 4.63. The van der Waals surface area contributed by atoms with E-state index in [2.05, 4.69) is 43.5 Å². The fourth-order valence-electron chi connectivity index (χ4n) is 2.63. The SMILES string of the molecule is CCCCCCN(C#N)C1=CC=CCC1=Cc1ccccc1. The molecule has 1 aliphatic rings. The van der Waals surface area contributed by atoms with Crippen LogP contribution in [0, 0.1) is 11.5 Å². The summed E-state index contributed by atoms with van der Waals surface area (Å²) in [5.41, 5.74) is 3.44. The van der Waals surface area contributed by atoms with Crippen molar-refractivity contribution in [2.45, 2.75) is 39.0 Å². The molecule has 1 aromatic carbocycles. The van der Waals surface area contributed by atoms with Gasteiger partial charge >= 0.3 is 0 Å². The predicted octanol–water partition coefficient (Wildman–Crippen LogP) is 5.28. The molecule has 0 amide bonds. The molecule has 0 unspecified atom stereocenters. The van der Waals surface area contributed by atoms with E-state index in [0.29, 0.717) is 0 Å². The molecule has 0 spiro atoms.